The zero-order chi connectivity index (χ0) is 15.7. The Labute approximate surface area is 129 Å². The third-order valence-corrected chi connectivity index (χ3v) is 4.10. The summed E-state index contributed by atoms with van der Waals surface area (Å²) in [6, 6.07) is 5.65. The molecule has 0 spiro atoms. The highest BCUT2D eigenvalue weighted by Crippen LogP contribution is 2.34. The van der Waals surface area contributed by atoms with E-state index in [0.717, 1.165) is 18.5 Å². The van der Waals surface area contributed by atoms with Crippen LogP contribution in [0.25, 0.3) is 0 Å². The minimum absolute atomic E-state index is 0.0150. The van der Waals surface area contributed by atoms with Gasteiger partial charge in [0.15, 0.2) is 11.5 Å². The fourth-order valence-electron chi connectivity index (χ4n) is 2.67. The molecule has 1 N–H and O–H groups in total. The largest absolute Gasteiger partial charge is 0.493 e. The van der Waals surface area contributed by atoms with Gasteiger partial charge in [0.25, 0.3) is 0 Å². The SMILES string of the molecule is COc1ccc(N2CC(C(=O)NC3CC3)CC2=O)cc1OC. The average molecular weight is 304 g/mol. The van der Waals surface area contributed by atoms with Crippen LogP contribution >= 0.6 is 0 Å². The van der Waals surface area contributed by atoms with Gasteiger partial charge in [0.2, 0.25) is 11.8 Å². The van der Waals surface area contributed by atoms with Crippen LogP contribution < -0.4 is 19.7 Å². The van der Waals surface area contributed by atoms with Crippen molar-refractivity contribution < 1.29 is 19.1 Å². The molecule has 0 aromatic heterocycles. The molecule has 1 aliphatic heterocycles. The van der Waals surface area contributed by atoms with E-state index >= 15 is 0 Å². The molecule has 2 amide bonds. The maximum Gasteiger partial charge on any atom is 0.227 e. The minimum Gasteiger partial charge on any atom is -0.493 e. The van der Waals surface area contributed by atoms with E-state index < -0.39 is 0 Å². The molecular formula is C16H20N2O4. The maximum atomic E-state index is 12.2. The monoisotopic (exact) mass is 304 g/mol. The van der Waals surface area contributed by atoms with Gasteiger partial charge in [0.05, 0.1) is 20.1 Å². The number of ether oxygens (including phenoxy) is 2. The van der Waals surface area contributed by atoms with Gasteiger partial charge in [-0.25, -0.2) is 0 Å². The second kappa shape index (κ2) is 5.87. The number of hydrogen-bond acceptors (Lipinski definition) is 4. The Morgan fingerprint density at radius 1 is 1.23 bits per heavy atom. The molecule has 1 aliphatic carbocycles. The predicted octanol–water partition coefficient (Wildman–Crippen LogP) is 1.34. The Kier molecular flexibility index (Phi) is 3.92. The van der Waals surface area contributed by atoms with E-state index in [0.29, 0.717) is 24.1 Å². The predicted molar refractivity (Wildman–Crippen MR) is 81.2 cm³/mol. The molecular weight excluding hydrogens is 284 g/mol. The van der Waals surface area contributed by atoms with E-state index in [2.05, 4.69) is 5.32 Å². The summed E-state index contributed by atoms with van der Waals surface area (Å²) in [5.74, 6) is 0.850. The van der Waals surface area contributed by atoms with Gasteiger partial charge in [0, 0.05) is 30.8 Å². The molecule has 118 valence electrons. The van der Waals surface area contributed by atoms with E-state index in [1.54, 1.807) is 37.3 Å². The third-order valence-electron chi connectivity index (χ3n) is 4.10. The van der Waals surface area contributed by atoms with Crippen molar-refractivity contribution in [2.24, 2.45) is 5.92 Å². The lowest BCUT2D eigenvalue weighted by Crippen LogP contribution is -2.34. The molecule has 6 heteroatoms. The third kappa shape index (κ3) is 2.86. The molecule has 1 aromatic rings. The van der Waals surface area contributed by atoms with Crippen LogP contribution in [0.4, 0.5) is 5.69 Å². The normalized spacial score (nSPS) is 20.9. The van der Waals surface area contributed by atoms with Crippen molar-refractivity contribution in [3.63, 3.8) is 0 Å². The van der Waals surface area contributed by atoms with Crippen LogP contribution in [0, 0.1) is 5.92 Å². The average Bonchev–Trinajstić information content (AvgIpc) is 3.25. The van der Waals surface area contributed by atoms with Crippen LogP contribution in [-0.2, 0) is 9.59 Å². The first kappa shape index (κ1) is 14.7. The standard InChI is InChI=1S/C16H20N2O4/c1-21-13-6-5-12(8-14(13)22-2)18-9-10(7-15(18)19)16(20)17-11-3-4-11/h5-6,8,10-11H,3-4,7,9H2,1-2H3,(H,17,20). The first-order chi connectivity index (χ1) is 10.6. The number of nitrogens with zero attached hydrogens (tertiary/aromatic N) is 1. The van der Waals surface area contributed by atoms with E-state index in [1.807, 2.05) is 0 Å². The van der Waals surface area contributed by atoms with E-state index in [4.69, 9.17) is 9.47 Å². The number of amides is 2. The minimum atomic E-state index is -0.277. The van der Waals surface area contributed by atoms with Crippen molar-refractivity contribution in [1.82, 2.24) is 5.32 Å². The smallest absolute Gasteiger partial charge is 0.227 e. The molecule has 0 bridgehead atoms. The van der Waals surface area contributed by atoms with Crippen LogP contribution in [-0.4, -0.2) is 38.6 Å². The Morgan fingerprint density at radius 3 is 2.59 bits per heavy atom. The molecule has 6 nitrogen and oxygen atoms in total. The molecule has 22 heavy (non-hydrogen) atoms. The lowest BCUT2D eigenvalue weighted by Gasteiger charge is -2.18. The van der Waals surface area contributed by atoms with Gasteiger partial charge < -0.3 is 19.7 Å². The van der Waals surface area contributed by atoms with Crippen LogP contribution in [0.15, 0.2) is 18.2 Å². The Morgan fingerprint density at radius 2 is 1.95 bits per heavy atom. The van der Waals surface area contributed by atoms with Gasteiger partial charge in [0.1, 0.15) is 0 Å². The highest BCUT2D eigenvalue weighted by Gasteiger charge is 2.37. The van der Waals surface area contributed by atoms with E-state index in [-0.39, 0.29) is 24.2 Å². The second-order valence-corrected chi connectivity index (χ2v) is 5.73. The van der Waals surface area contributed by atoms with E-state index in [1.165, 1.54) is 0 Å². The first-order valence-electron chi connectivity index (χ1n) is 7.45. The van der Waals surface area contributed by atoms with Gasteiger partial charge in [-0.15, -0.1) is 0 Å². The number of carbonyl (C=O) groups is 2. The lowest BCUT2D eigenvalue weighted by atomic mass is 10.1. The molecule has 1 atom stereocenters. The van der Waals surface area contributed by atoms with Crippen LogP contribution in [0.2, 0.25) is 0 Å². The maximum absolute atomic E-state index is 12.2. The summed E-state index contributed by atoms with van der Waals surface area (Å²) in [5.41, 5.74) is 0.726. The quantitative estimate of drug-likeness (QED) is 0.891. The number of hydrogen-bond donors (Lipinski definition) is 1. The summed E-state index contributed by atoms with van der Waals surface area (Å²) in [6.07, 6.45) is 2.35. The molecule has 2 fully saturated rings. The molecule has 1 saturated carbocycles. The fourth-order valence-corrected chi connectivity index (χ4v) is 2.67. The summed E-state index contributed by atoms with van der Waals surface area (Å²) < 4.78 is 10.5. The number of carbonyl (C=O) groups excluding carboxylic acids is 2. The Hall–Kier alpha value is -2.24. The highest BCUT2D eigenvalue weighted by atomic mass is 16.5. The molecule has 3 rings (SSSR count). The number of nitrogens with one attached hydrogen (secondary N) is 1. The number of rotatable bonds is 5. The molecule has 1 saturated heterocycles. The summed E-state index contributed by atoms with van der Waals surface area (Å²) in [4.78, 5) is 26.0. The molecule has 1 heterocycles. The zero-order valence-corrected chi connectivity index (χ0v) is 12.8. The van der Waals surface area contributed by atoms with Gasteiger partial charge in [-0.05, 0) is 25.0 Å². The number of methoxy groups -OCH3 is 2. The summed E-state index contributed by atoms with van der Waals surface area (Å²) in [5, 5.41) is 2.97. The molecule has 1 aromatic carbocycles. The molecule has 0 radical (unpaired) electrons. The van der Waals surface area contributed by atoms with Crippen molar-refractivity contribution in [1.29, 1.82) is 0 Å². The van der Waals surface area contributed by atoms with Crippen LogP contribution in [0.3, 0.4) is 0 Å². The van der Waals surface area contributed by atoms with Crippen molar-refractivity contribution in [3.05, 3.63) is 18.2 Å². The van der Waals surface area contributed by atoms with Gasteiger partial charge in [-0.1, -0.05) is 0 Å². The van der Waals surface area contributed by atoms with Crippen molar-refractivity contribution >= 4 is 17.5 Å². The Balaban J connectivity index is 1.74. The lowest BCUT2D eigenvalue weighted by molar-refractivity contribution is -0.126. The summed E-state index contributed by atoms with van der Waals surface area (Å²) in [6.45, 7) is 0.410. The van der Waals surface area contributed by atoms with E-state index in [9.17, 15) is 9.59 Å². The van der Waals surface area contributed by atoms with Gasteiger partial charge >= 0.3 is 0 Å². The van der Waals surface area contributed by atoms with Crippen molar-refractivity contribution in [3.8, 4) is 11.5 Å². The van der Waals surface area contributed by atoms with Crippen molar-refractivity contribution in [2.45, 2.75) is 25.3 Å². The zero-order valence-electron chi connectivity index (χ0n) is 12.8. The first-order valence-corrected chi connectivity index (χ1v) is 7.45. The molecule has 1 unspecified atom stereocenters. The topological polar surface area (TPSA) is 67.9 Å². The van der Waals surface area contributed by atoms with Crippen molar-refractivity contribution in [2.75, 3.05) is 25.7 Å². The summed E-state index contributed by atoms with van der Waals surface area (Å²) >= 11 is 0. The van der Waals surface area contributed by atoms with Crippen LogP contribution in [0.5, 0.6) is 11.5 Å². The highest BCUT2D eigenvalue weighted by molar-refractivity contribution is 6.00. The Bertz CT molecular complexity index is 598. The molecule has 2 aliphatic rings. The van der Waals surface area contributed by atoms with Crippen LogP contribution in [0.1, 0.15) is 19.3 Å². The number of benzene rings is 1. The van der Waals surface area contributed by atoms with Gasteiger partial charge in [-0.2, -0.15) is 0 Å². The second-order valence-electron chi connectivity index (χ2n) is 5.73. The van der Waals surface area contributed by atoms with Gasteiger partial charge in [-0.3, -0.25) is 9.59 Å². The summed E-state index contributed by atoms with van der Waals surface area (Å²) in [7, 11) is 3.12. The number of anilines is 1. The fraction of sp³-hybridized carbons (Fsp3) is 0.500.